The first-order chi connectivity index (χ1) is 10.2. The van der Waals surface area contributed by atoms with Crippen molar-refractivity contribution in [2.75, 3.05) is 13.4 Å². The summed E-state index contributed by atoms with van der Waals surface area (Å²) in [5.41, 5.74) is 1.62. The third-order valence-electron chi connectivity index (χ3n) is 3.08. The maximum absolute atomic E-state index is 9.34. The van der Waals surface area contributed by atoms with Crippen LogP contribution in [0.4, 0.5) is 0 Å². The van der Waals surface area contributed by atoms with E-state index in [0.29, 0.717) is 23.7 Å². The summed E-state index contributed by atoms with van der Waals surface area (Å²) in [6.45, 7) is 2.29. The van der Waals surface area contributed by atoms with E-state index in [2.05, 4.69) is 6.07 Å². The van der Waals surface area contributed by atoms with E-state index < -0.39 is 0 Å². The molecule has 106 valence electrons. The van der Waals surface area contributed by atoms with Gasteiger partial charge in [0.1, 0.15) is 17.9 Å². The number of fused-ring (bicyclic) bond motifs is 1. The van der Waals surface area contributed by atoms with Crippen molar-refractivity contribution >= 4 is 5.90 Å². The number of hydrogen-bond donors (Lipinski definition) is 1. The zero-order valence-electron chi connectivity index (χ0n) is 11.3. The highest BCUT2D eigenvalue weighted by molar-refractivity contribution is 5.94. The Balaban J connectivity index is 2.03. The van der Waals surface area contributed by atoms with Gasteiger partial charge in [0, 0.05) is 5.56 Å². The predicted molar refractivity (Wildman–Crippen MR) is 73.4 cm³/mol. The zero-order chi connectivity index (χ0) is 14.8. The third kappa shape index (κ3) is 2.19. The van der Waals surface area contributed by atoms with Crippen LogP contribution in [0.15, 0.2) is 28.9 Å². The number of nitrogens with one attached hydrogen (secondary N) is 1. The van der Waals surface area contributed by atoms with Crippen molar-refractivity contribution in [3.63, 3.8) is 0 Å². The van der Waals surface area contributed by atoms with Gasteiger partial charge in [0.15, 0.2) is 11.5 Å². The van der Waals surface area contributed by atoms with Crippen molar-refractivity contribution in [3.05, 3.63) is 35.8 Å². The summed E-state index contributed by atoms with van der Waals surface area (Å²) in [7, 11) is 0. The minimum atomic E-state index is -0.152. The standard InChI is InChI=1S/C15H12N2O4/c1-2-18-15(17)14-10(6-16)11(7-19-14)9-3-4-12-13(5-9)21-8-20-12/h3-5,7,17H,2,8H2,1H3. The van der Waals surface area contributed by atoms with Gasteiger partial charge in [-0.05, 0) is 24.6 Å². The van der Waals surface area contributed by atoms with Crippen LogP contribution in [-0.4, -0.2) is 19.3 Å². The van der Waals surface area contributed by atoms with Crippen LogP contribution in [-0.2, 0) is 4.74 Å². The maximum Gasteiger partial charge on any atom is 0.251 e. The number of ether oxygens (including phenoxy) is 3. The van der Waals surface area contributed by atoms with E-state index >= 15 is 0 Å². The molecule has 0 bridgehead atoms. The Hall–Kier alpha value is -2.94. The van der Waals surface area contributed by atoms with Crippen LogP contribution in [0, 0.1) is 16.7 Å². The Labute approximate surface area is 121 Å². The highest BCUT2D eigenvalue weighted by Crippen LogP contribution is 2.37. The summed E-state index contributed by atoms with van der Waals surface area (Å²) in [5.74, 6) is 1.27. The molecule has 0 amide bonds. The third-order valence-corrected chi connectivity index (χ3v) is 3.08. The number of nitrogens with zero attached hydrogens (tertiary/aromatic N) is 1. The van der Waals surface area contributed by atoms with Crippen LogP contribution in [0.3, 0.4) is 0 Å². The predicted octanol–water partition coefficient (Wildman–Crippen LogP) is 2.91. The second-order valence-electron chi connectivity index (χ2n) is 4.30. The Morgan fingerprint density at radius 1 is 1.38 bits per heavy atom. The second kappa shape index (κ2) is 5.21. The molecule has 2 aromatic rings. The van der Waals surface area contributed by atoms with Crippen molar-refractivity contribution in [1.29, 1.82) is 10.7 Å². The van der Waals surface area contributed by atoms with E-state index in [4.69, 9.17) is 24.0 Å². The van der Waals surface area contributed by atoms with Gasteiger partial charge in [0.2, 0.25) is 12.6 Å². The first-order valence-electron chi connectivity index (χ1n) is 6.38. The Morgan fingerprint density at radius 2 is 2.19 bits per heavy atom. The molecule has 0 spiro atoms. The monoisotopic (exact) mass is 284 g/mol. The minimum Gasteiger partial charge on any atom is -0.476 e. The Bertz CT molecular complexity index is 743. The normalized spacial score (nSPS) is 12.0. The number of hydrogen-bond acceptors (Lipinski definition) is 6. The highest BCUT2D eigenvalue weighted by atomic mass is 16.7. The minimum absolute atomic E-state index is 0.131. The molecule has 0 radical (unpaired) electrons. The van der Waals surface area contributed by atoms with E-state index in [9.17, 15) is 5.26 Å². The van der Waals surface area contributed by atoms with Crippen LogP contribution < -0.4 is 9.47 Å². The quantitative estimate of drug-likeness (QED) is 0.691. The van der Waals surface area contributed by atoms with E-state index in [0.717, 1.165) is 5.56 Å². The molecule has 2 heterocycles. The average molecular weight is 284 g/mol. The van der Waals surface area contributed by atoms with Gasteiger partial charge in [-0.25, -0.2) is 0 Å². The lowest BCUT2D eigenvalue weighted by molar-refractivity contribution is 0.174. The molecule has 1 aliphatic rings. The molecule has 1 N–H and O–H groups in total. The van der Waals surface area contributed by atoms with E-state index in [-0.39, 0.29) is 24.0 Å². The number of furan rings is 1. The fourth-order valence-electron chi connectivity index (χ4n) is 2.12. The fraction of sp³-hybridized carbons (Fsp3) is 0.200. The molecule has 1 aromatic carbocycles. The van der Waals surface area contributed by atoms with Gasteiger partial charge in [0.25, 0.3) is 5.90 Å². The molecule has 6 heteroatoms. The topological polar surface area (TPSA) is 88.5 Å². The van der Waals surface area contributed by atoms with Gasteiger partial charge in [-0.15, -0.1) is 0 Å². The Kier molecular flexibility index (Phi) is 3.24. The molecule has 1 aliphatic heterocycles. The SMILES string of the molecule is CCOC(=N)c1occ(-c2ccc3c(c2)OCO3)c1C#N. The summed E-state index contributed by atoms with van der Waals surface area (Å²) >= 11 is 0. The molecule has 6 nitrogen and oxygen atoms in total. The molecule has 1 aromatic heterocycles. The lowest BCUT2D eigenvalue weighted by Gasteiger charge is -2.03. The average Bonchev–Trinajstić information content (AvgIpc) is 3.12. The largest absolute Gasteiger partial charge is 0.476 e. The summed E-state index contributed by atoms with van der Waals surface area (Å²) in [4.78, 5) is 0. The van der Waals surface area contributed by atoms with Crippen LogP contribution in [0.25, 0.3) is 11.1 Å². The summed E-state index contributed by atoms with van der Waals surface area (Å²) in [6.07, 6.45) is 1.44. The second-order valence-corrected chi connectivity index (χ2v) is 4.30. The molecular formula is C15H12N2O4. The lowest BCUT2D eigenvalue weighted by Crippen LogP contribution is -2.05. The van der Waals surface area contributed by atoms with Gasteiger partial charge in [-0.3, -0.25) is 5.41 Å². The maximum atomic E-state index is 9.34. The van der Waals surface area contributed by atoms with Crippen molar-refractivity contribution < 1.29 is 18.6 Å². The molecule has 0 atom stereocenters. The van der Waals surface area contributed by atoms with Crippen molar-refractivity contribution in [2.24, 2.45) is 0 Å². The zero-order valence-corrected chi connectivity index (χ0v) is 11.3. The number of nitriles is 1. The van der Waals surface area contributed by atoms with Crippen LogP contribution in [0.5, 0.6) is 11.5 Å². The van der Waals surface area contributed by atoms with Crippen LogP contribution in [0.1, 0.15) is 18.2 Å². The molecule has 3 rings (SSSR count). The molecule has 0 aliphatic carbocycles. The smallest absolute Gasteiger partial charge is 0.251 e. The number of benzene rings is 1. The number of rotatable bonds is 3. The van der Waals surface area contributed by atoms with Gasteiger partial charge < -0.3 is 18.6 Å². The van der Waals surface area contributed by atoms with Crippen molar-refractivity contribution in [2.45, 2.75) is 6.92 Å². The summed E-state index contributed by atoms with van der Waals surface area (Å²) in [6, 6.07) is 7.43. The lowest BCUT2D eigenvalue weighted by atomic mass is 10.0. The van der Waals surface area contributed by atoms with Crippen LogP contribution in [0.2, 0.25) is 0 Å². The molecule has 21 heavy (non-hydrogen) atoms. The van der Waals surface area contributed by atoms with E-state index in [1.54, 1.807) is 19.1 Å². The van der Waals surface area contributed by atoms with Gasteiger partial charge in [0.05, 0.1) is 6.61 Å². The van der Waals surface area contributed by atoms with Gasteiger partial charge >= 0.3 is 0 Å². The first kappa shape index (κ1) is 13.1. The van der Waals surface area contributed by atoms with Crippen molar-refractivity contribution in [1.82, 2.24) is 0 Å². The van der Waals surface area contributed by atoms with E-state index in [1.165, 1.54) is 6.26 Å². The molecular weight excluding hydrogens is 272 g/mol. The molecule has 0 fully saturated rings. The molecule has 0 saturated heterocycles. The first-order valence-corrected chi connectivity index (χ1v) is 6.38. The molecule has 0 saturated carbocycles. The van der Waals surface area contributed by atoms with E-state index in [1.807, 2.05) is 6.07 Å². The van der Waals surface area contributed by atoms with Gasteiger partial charge in [-0.1, -0.05) is 6.07 Å². The van der Waals surface area contributed by atoms with Gasteiger partial charge in [-0.2, -0.15) is 5.26 Å². The highest BCUT2D eigenvalue weighted by Gasteiger charge is 2.21. The van der Waals surface area contributed by atoms with Crippen LogP contribution >= 0.6 is 0 Å². The summed E-state index contributed by atoms with van der Waals surface area (Å²) in [5, 5.41) is 17.1. The Morgan fingerprint density at radius 3 is 2.95 bits per heavy atom. The van der Waals surface area contributed by atoms with Crippen molar-refractivity contribution in [3.8, 4) is 28.7 Å². The summed E-state index contributed by atoms with van der Waals surface area (Å²) < 4.78 is 21.0. The fourth-order valence-corrected chi connectivity index (χ4v) is 2.12. The molecule has 0 unspecified atom stereocenters.